The number of benzene rings is 2. The number of aryl methyl sites for hydroxylation is 1. The van der Waals surface area contributed by atoms with Gasteiger partial charge in [0.15, 0.2) is 0 Å². The van der Waals surface area contributed by atoms with Gasteiger partial charge in [0.25, 0.3) is 0 Å². The number of hydrogen-bond acceptors (Lipinski definition) is 4. The predicted molar refractivity (Wildman–Crippen MR) is 127 cm³/mol. The maximum Gasteiger partial charge on any atom is 0.417 e. The minimum absolute atomic E-state index is 0.0610. The van der Waals surface area contributed by atoms with Crippen molar-refractivity contribution >= 4 is 27.6 Å². The first-order chi connectivity index (χ1) is 16.2. The van der Waals surface area contributed by atoms with Crippen LogP contribution in [0.5, 0.6) is 0 Å². The summed E-state index contributed by atoms with van der Waals surface area (Å²) in [7, 11) is -3.86. The van der Waals surface area contributed by atoms with Gasteiger partial charge in [0.2, 0.25) is 10.0 Å². The number of piperazine rings is 1. The van der Waals surface area contributed by atoms with E-state index < -0.39 is 27.7 Å². The fraction of sp³-hybridized carbons (Fsp3) is 0.458. The van der Waals surface area contributed by atoms with E-state index in [0.29, 0.717) is 42.7 Å². The molecule has 0 spiro atoms. The molecule has 1 heterocycles. The van der Waals surface area contributed by atoms with Gasteiger partial charge in [-0.2, -0.15) is 17.5 Å². The van der Waals surface area contributed by atoms with Crippen molar-refractivity contribution in [3.63, 3.8) is 0 Å². The largest absolute Gasteiger partial charge is 0.481 e. The SMILES string of the molecule is Cc1ccc(S(=O)(=O)N2[C@H](C)CN(CCc3ccc(C(F)(F)F)c(Cl)c3)C[C@@H]2C)cc1CC(=O)O. The summed E-state index contributed by atoms with van der Waals surface area (Å²) < 4.78 is 67.1. The van der Waals surface area contributed by atoms with Crippen LogP contribution >= 0.6 is 11.6 Å². The molecule has 6 nitrogen and oxygen atoms in total. The van der Waals surface area contributed by atoms with Crippen molar-refractivity contribution in [2.45, 2.75) is 56.8 Å². The third kappa shape index (κ3) is 6.35. The van der Waals surface area contributed by atoms with Gasteiger partial charge in [-0.1, -0.05) is 23.7 Å². The Morgan fingerprint density at radius 1 is 1.11 bits per heavy atom. The van der Waals surface area contributed by atoms with Crippen LogP contribution in [0.3, 0.4) is 0 Å². The molecule has 3 rings (SSSR count). The summed E-state index contributed by atoms with van der Waals surface area (Å²) in [6, 6.07) is 7.54. The number of carbonyl (C=O) groups is 1. The Bertz CT molecular complexity index is 1190. The number of carboxylic acids is 1. The van der Waals surface area contributed by atoms with Gasteiger partial charge < -0.3 is 5.11 Å². The van der Waals surface area contributed by atoms with Crippen LogP contribution in [0.4, 0.5) is 13.2 Å². The Labute approximate surface area is 208 Å². The van der Waals surface area contributed by atoms with E-state index in [1.807, 2.05) is 13.8 Å². The maximum atomic E-state index is 13.4. The third-order valence-electron chi connectivity index (χ3n) is 6.21. The number of aliphatic carboxylic acids is 1. The molecule has 1 aliphatic rings. The van der Waals surface area contributed by atoms with E-state index in [4.69, 9.17) is 16.7 Å². The van der Waals surface area contributed by atoms with Gasteiger partial charge >= 0.3 is 12.1 Å². The Hall–Kier alpha value is -2.14. The number of hydrogen-bond donors (Lipinski definition) is 1. The average Bonchev–Trinajstić information content (AvgIpc) is 2.72. The fourth-order valence-corrected chi connectivity index (χ4v) is 6.75. The van der Waals surface area contributed by atoms with Crippen LogP contribution < -0.4 is 0 Å². The molecule has 2 aromatic rings. The molecule has 1 saturated heterocycles. The van der Waals surface area contributed by atoms with Gasteiger partial charge in [-0.15, -0.1) is 0 Å². The molecule has 0 aliphatic carbocycles. The van der Waals surface area contributed by atoms with Crippen LogP contribution in [0.1, 0.15) is 36.1 Å². The molecule has 2 atom stereocenters. The van der Waals surface area contributed by atoms with Crippen LogP contribution in [0.2, 0.25) is 5.02 Å². The fourth-order valence-electron chi connectivity index (χ4n) is 4.59. The number of sulfonamides is 1. The molecule has 0 saturated carbocycles. The smallest absolute Gasteiger partial charge is 0.417 e. The summed E-state index contributed by atoms with van der Waals surface area (Å²) in [6.07, 6.45) is -4.29. The number of halogens is 4. The molecule has 1 N–H and O–H groups in total. The van der Waals surface area contributed by atoms with Crippen LogP contribution in [0.15, 0.2) is 41.3 Å². The first-order valence-electron chi connectivity index (χ1n) is 11.1. The van der Waals surface area contributed by atoms with Crippen molar-refractivity contribution in [2.24, 2.45) is 0 Å². The summed E-state index contributed by atoms with van der Waals surface area (Å²) in [5.41, 5.74) is 0.962. The topological polar surface area (TPSA) is 77.9 Å². The molecule has 1 aliphatic heterocycles. The molecular formula is C24H28ClF3N2O4S. The second kappa shape index (κ2) is 10.5. The van der Waals surface area contributed by atoms with E-state index in [1.54, 1.807) is 13.0 Å². The molecule has 0 unspecified atom stereocenters. The second-order valence-corrected chi connectivity index (χ2v) is 11.3. The van der Waals surface area contributed by atoms with Crippen LogP contribution in [-0.4, -0.2) is 60.4 Å². The normalized spacial score (nSPS) is 20.2. The lowest BCUT2D eigenvalue weighted by Gasteiger charge is -2.43. The zero-order valence-electron chi connectivity index (χ0n) is 19.6. The Morgan fingerprint density at radius 3 is 2.29 bits per heavy atom. The molecule has 1 fully saturated rings. The highest BCUT2D eigenvalue weighted by Crippen LogP contribution is 2.35. The molecule has 192 valence electrons. The lowest BCUT2D eigenvalue weighted by molar-refractivity contribution is -0.138. The van der Waals surface area contributed by atoms with Crippen molar-refractivity contribution in [1.29, 1.82) is 0 Å². The predicted octanol–water partition coefficient (Wildman–Crippen LogP) is 4.62. The minimum atomic E-state index is -4.51. The van der Waals surface area contributed by atoms with Crippen LogP contribution in [0.25, 0.3) is 0 Å². The highest BCUT2D eigenvalue weighted by molar-refractivity contribution is 7.89. The summed E-state index contributed by atoms with van der Waals surface area (Å²) in [6.45, 7) is 6.79. The number of carboxylic acid groups (broad SMARTS) is 1. The van der Waals surface area contributed by atoms with E-state index >= 15 is 0 Å². The molecule has 0 bridgehead atoms. The van der Waals surface area contributed by atoms with Gasteiger partial charge in [0, 0.05) is 31.7 Å². The van der Waals surface area contributed by atoms with Crippen LogP contribution in [0, 0.1) is 6.92 Å². The molecule has 0 radical (unpaired) electrons. The van der Waals surface area contributed by atoms with E-state index in [0.717, 1.165) is 6.07 Å². The zero-order chi connectivity index (χ0) is 26.1. The van der Waals surface area contributed by atoms with Crippen molar-refractivity contribution in [2.75, 3.05) is 19.6 Å². The Balaban J connectivity index is 1.71. The van der Waals surface area contributed by atoms with Crippen molar-refractivity contribution in [1.82, 2.24) is 9.21 Å². The molecule has 11 heteroatoms. The van der Waals surface area contributed by atoms with Gasteiger partial charge in [-0.25, -0.2) is 8.42 Å². The first kappa shape index (κ1) is 27.4. The first-order valence-corrected chi connectivity index (χ1v) is 12.9. The highest BCUT2D eigenvalue weighted by Gasteiger charge is 2.38. The standard InChI is InChI=1S/C24H28ClF3N2O4S/c1-15-4-6-20(11-19(15)12-23(31)32)35(33,34)30-16(2)13-29(14-17(30)3)9-8-18-5-7-21(22(25)10-18)24(26,27)28/h4-7,10-11,16-17H,8-9,12-14H2,1-3H3,(H,31,32)/t16-,17+. The summed E-state index contributed by atoms with van der Waals surface area (Å²) in [5.74, 6) is -1.03. The zero-order valence-corrected chi connectivity index (χ0v) is 21.2. The monoisotopic (exact) mass is 532 g/mol. The Morgan fingerprint density at radius 2 is 1.74 bits per heavy atom. The van der Waals surface area contributed by atoms with E-state index in [-0.39, 0.29) is 28.4 Å². The minimum Gasteiger partial charge on any atom is -0.481 e. The van der Waals surface area contributed by atoms with E-state index in [1.165, 1.54) is 28.6 Å². The number of rotatable bonds is 7. The van der Waals surface area contributed by atoms with Crippen molar-refractivity contribution in [3.05, 3.63) is 63.7 Å². The van der Waals surface area contributed by atoms with Crippen molar-refractivity contribution < 1.29 is 31.5 Å². The Kier molecular flexibility index (Phi) is 8.20. The second-order valence-electron chi connectivity index (χ2n) is 9.01. The lowest BCUT2D eigenvalue weighted by Crippen LogP contribution is -2.58. The third-order valence-corrected chi connectivity index (χ3v) is 8.64. The summed E-state index contributed by atoms with van der Waals surface area (Å²) >= 11 is 5.82. The quantitative estimate of drug-likeness (QED) is 0.563. The van der Waals surface area contributed by atoms with Crippen molar-refractivity contribution in [3.8, 4) is 0 Å². The molecular weight excluding hydrogens is 505 g/mol. The van der Waals surface area contributed by atoms with Gasteiger partial charge in [-0.05, 0) is 68.1 Å². The molecule has 35 heavy (non-hydrogen) atoms. The van der Waals surface area contributed by atoms with Gasteiger partial charge in [0.05, 0.1) is 21.9 Å². The summed E-state index contributed by atoms with van der Waals surface area (Å²) in [5, 5.41) is 8.78. The molecule has 0 amide bonds. The van der Waals surface area contributed by atoms with Gasteiger partial charge in [0.1, 0.15) is 0 Å². The van der Waals surface area contributed by atoms with E-state index in [2.05, 4.69) is 4.90 Å². The average molecular weight is 533 g/mol. The number of nitrogens with zero attached hydrogens (tertiary/aromatic N) is 2. The highest BCUT2D eigenvalue weighted by atomic mass is 35.5. The van der Waals surface area contributed by atoms with E-state index in [9.17, 15) is 26.4 Å². The molecule has 2 aromatic carbocycles. The van der Waals surface area contributed by atoms with Crippen LogP contribution in [-0.2, 0) is 33.8 Å². The lowest BCUT2D eigenvalue weighted by atomic mass is 10.1. The number of alkyl halides is 3. The molecule has 0 aromatic heterocycles. The summed E-state index contributed by atoms with van der Waals surface area (Å²) in [4.78, 5) is 13.3. The maximum absolute atomic E-state index is 13.4. The van der Waals surface area contributed by atoms with Gasteiger partial charge in [-0.3, -0.25) is 9.69 Å².